The number of aromatic nitrogens is 3. The molecule has 1 N–H and O–H groups in total. The molecule has 0 saturated carbocycles. The predicted molar refractivity (Wildman–Crippen MR) is 87.3 cm³/mol. The van der Waals surface area contributed by atoms with Gasteiger partial charge in [0.15, 0.2) is 0 Å². The Bertz CT molecular complexity index is 833. The minimum absolute atomic E-state index is 0.206. The Balaban J connectivity index is 1.75. The van der Waals surface area contributed by atoms with Gasteiger partial charge in [-0.05, 0) is 43.7 Å². The number of pyridine rings is 1. The third-order valence-electron chi connectivity index (χ3n) is 3.56. The van der Waals surface area contributed by atoms with Gasteiger partial charge < -0.3 is 14.6 Å². The third-order valence-corrected chi connectivity index (χ3v) is 3.56. The summed E-state index contributed by atoms with van der Waals surface area (Å²) in [5.74, 6) is 1.14. The Morgan fingerprint density at radius 2 is 2.08 bits per heavy atom. The lowest BCUT2D eigenvalue weighted by molar-refractivity contribution is 0.368. The van der Waals surface area contributed by atoms with E-state index in [1.165, 1.54) is 6.07 Å². The molecular formula is C17H17FN4O2. The molecule has 0 radical (unpaired) electrons. The SMILES string of the molecule is COc1ccc(N[C@H](C)c2nc(-c3ccc(F)c(C)c3)no2)cn1. The molecule has 0 spiro atoms. The fraction of sp³-hybridized carbons (Fsp3) is 0.235. The van der Waals surface area contributed by atoms with E-state index in [9.17, 15) is 4.39 Å². The zero-order valence-corrected chi connectivity index (χ0v) is 13.6. The summed E-state index contributed by atoms with van der Waals surface area (Å²) in [7, 11) is 1.56. The van der Waals surface area contributed by atoms with E-state index in [-0.39, 0.29) is 11.9 Å². The first-order valence-electron chi connectivity index (χ1n) is 7.43. The van der Waals surface area contributed by atoms with Gasteiger partial charge in [0.05, 0.1) is 19.0 Å². The van der Waals surface area contributed by atoms with Gasteiger partial charge in [-0.2, -0.15) is 4.98 Å². The molecule has 6 nitrogen and oxygen atoms in total. The average Bonchev–Trinajstić information content (AvgIpc) is 3.08. The van der Waals surface area contributed by atoms with Gasteiger partial charge in [0, 0.05) is 11.6 Å². The van der Waals surface area contributed by atoms with Crippen molar-refractivity contribution in [1.29, 1.82) is 0 Å². The lowest BCUT2D eigenvalue weighted by Gasteiger charge is -2.10. The number of rotatable bonds is 5. The van der Waals surface area contributed by atoms with Crippen LogP contribution < -0.4 is 10.1 Å². The van der Waals surface area contributed by atoms with Crippen molar-refractivity contribution in [1.82, 2.24) is 15.1 Å². The van der Waals surface area contributed by atoms with E-state index in [2.05, 4.69) is 20.4 Å². The third kappa shape index (κ3) is 3.34. The smallest absolute Gasteiger partial charge is 0.249 e. The van der Waals surface area contributed by atoms with Crippen LogP contribution in [-0.4, -0.2) is 22.2 Å². The van der Waals surface area contributed by atoms with E-state index in [1.54, 1.807) is 38.4 Å². The molecule has 7 heteroatoms. The number of benzene rings is 1. The minimum atomic E-state index is -0.260. The molecule has 3 aromatic rings. The number of nitrogens with zero attached hydrogens (tertiary/aromatic N) is 3. The van der Waals surface area contributed by atoms with Gasteiger partial charge in [0.1, 0.15) is 11.9 Å². The quantitative estimate of drug-likeness (QED) is 0.769. The van der Waals surface area contributed by atoms with Crippen molar-refractivity contribution in [3.8, 4) is 17.3 Å². The van der Waals surface area contributed by atoms with Crippen LogP contribution in [-0.2, 0) is 0 Å². The second kappa shape index (κ2) is 6.66. The molecule has 1 aromatic carbocycles. The van der Waals surface area contributed by atoms with Crippen molar-refractivity contribution in [2.45, 2.75) is 19.9 Å². The minimum Gasteiger partial charge on any atom is -0.481 e. The average molecular weight is 328 g/mol. The van der Waals surface area contributed by atoms with Gasteiger partial charge in [-0.15, -0.1) is 0 Å². The molecule has 2 aromatic heterocycles. The molecule has 0 saturated heterocycles. The van der Waals surface area contributed by atoms with Crippen molar-refractivity contribution < 1.29 is 13.7 Å². The first-order chi connectivity index (χ1) is 11.6. The Morgan fingerprint density at radius 3 is 2.75 bits per heavy atom. The van der Waals surface area contributed by atoms with Crippen LogP contribution in [0.5, 0.6) is 5.88 Å². The van der Waals surface area contributed by atoms with Crippen LogP contribution in [0.1, 0.15) is 24.4 Å². The molecule has 2 heterocycles. The number of nitrogens with one attached hydrogen (secondary N) is 1. The van der Waals surface area contributed by atoms with Crippen molar-refractivity contribution in [2.24, 2.45) is 0 Å². The molecule has 24 heavy (non-hydrogen) atoms. The van der Waals surface area contributed by atoms with Crippen LogP contribution in [0.2, 0.25) is 0 Å². The summed E-state index contributed by atoms with van der Waals surface area (Å²) in [6.07, 6.45) is 1.66. The molecule has 1 atom stereocenters. The summed E-state index contributed by atoms with van der Waals surface area (Å²) >= 11 is 0. The van der Waals surface area contributed by atoms with E-state index in [0.29, 0.717) is 28.7 Å². The number of hydrogen-bond donors (Lipinski definition) is 1. The molecule has 0 aliphatic rings. The zero-order valence-electron chi connectivity index (χ0n) is 13.6. The van der Waals surface area contributed by atoms with E-state index >= 15 is 0 Å². The molecule has 3 rings (SSSR count). The van der Waals surface area contributed by atoms with Gasteiger partial charge in [-0.25, -0.2) is 9.37 Å². The van der Waals surface area contributed by atoms with E-state index in [1.807, 2.05) is 13.0 Å². The number of ether oxygens (including phenoxy) is 1. The standard InChI is InChI=1S/C17H17FN4O2/c1-10-8-12(4-6-14(10)18)16-21-17(24-22-16)11(2)20-13-5-7-15(23-3)19-9-13/h4-9,11,20H,1-3H3/t11-/m1/s1. The Hall–Kier alpha value is -2.96. The molecule has 0 fully saturated rings. The maximum atomic E-state index is 13.4. The van der Waals surface area contributed by atoms with Crippen LogP contribution >= 0.6 is 0 Å². The summed E-state index contributed by atoms with van der Waals surface area (Å²) in [4.78, 5) is 8.50. The summed E-state index contributed by atoms with van der Waals surface area (Å²) in [6.45, 7) is 3.60. The fourth-order valence-corrected chi connectivity index (χ4v) is 2.21. The highest BCUT2D eigenvalue weighted by Gasteiger charge is 2.16. The Kier molecular flexibility index (Phi) is 4.41. The first kappa shape index (κ1) is 15.9. The van der Waals surface area contributed by atoms with Gasteiger partial charge in [-0.1, -0.05) is 5.16 Å². The van der Waals surface area contributed by atoms with Crippen molar-refractivity contribution in [2.75, 3.05) is 12.4 Å². The maximum absolute atomic E-state index is 13.4. The molecule has 124 valence electrons. The highest BCUT2D eigenvalue weighted by atomic mass is 19.1. The molecule has 0 aliphatic heterocycles. The lowest BCUT2D eigenvalue weighted by atomic mass is 10.1. The molecule has 0 bridgehead atoms. The topological polar surface area (TPSA) is 73.1 Å². The highest BCUT2D eigenvalue weighted by molar-refractivity contribution is 5.55. The Morgan fingerprint density at radius 1 is 1.25 bits per heavy atom. The van der Waals surface area contributed by atoms with E-state index in [0.717, 1.165) is 5.69 Å². The van der Waals surface area contributed by atoms with Crippen LogP contribution in [0.15, 0.2) is 41.1 Å². The molecular weight excluding hydrogens is 311 g/mol. The summed E-state index contributed by atoms with van der Waals surface area (Å²) in [5.41, 5.74) is 2.05. The van der Waals surface area contributed by atoms with Gasteiger partial charge in [0.2, 0.25) is 17.6 Å². The number of hydrogen-bond acceptors (Lipinski definition) is 6. The van der Waals surface area contributed by atoms with Gasteiger partial charge >= 0.3 is 0 Å². The van der Waals surface area contributed by atoms with Crippen LogP contribution in [0.25, 0.3) is 11.4 Å². The highest BCUT2D eigenvalue weighted by Crippen LogP contribution is 2.23. The fourth-order valence-electron chi connectivity index (χ4n) is 2.21. The number of methoxy groups -OCH3 is 1. The van der Waals surface area contributed by atoms with Gasteiger partial charge in [-0.3, -0.25) is 0 Å². The summed E-state index contributed by atoms with van der Waals surface area (Å²) in [6, 6.07) is 8.12. The second-order valence-corrected chi connectivity index (χ2v) is 5.38. The molecule has 0 unspecified atom stereocenters. The summed E-state index contributed by atoms with van der Waals surface area (Å²) < 4.78 is 23.7. The predicted octanol–water partition coefficient (Wildman–Crippen LogP) is 3.76. The van der Waals surface area contributed by atoms with Crippen LogP contribution in [0, 0.1) is 12.7 Å². The van der Waals surface area contributed by atoms with E-state index < -0.39 is 0 Å². The number of anilines is 1. The van der Waals surface area contributed by atoms with Crippen molar-refractivity contribution >= 4 is 5.69 Å². The molecule has 0 amide bonds. The zero-order chi connectivity index (χ0) is 17.1. The number of aryl methyl sites for hydroxylation is 1. The first-order valence-corrected chi connectivity index (χ1v) is 7.43. The normalized spacial score (nSPS) is 12.0. The molecule has 0 aliphatic carbocycles. The summed E-state index contributed by atoms with van der Waals surface area (Å²) in [5, 5.41) is 7.18. The van der Waals surface area contributed by atoms with Crippen molar-refractivity contribution in [3.05, 3.63) is 53.8 Å². The maximum Gasteiger partial charge on any atom is 0.249 e. The number of halogens is 1. The van der Waals surface area contributed by atoms with Gasteiger partial charge in [0.25, 0.3) is 0 Å². The lowest BCUT2D eigenvalue weighted by Crippen LogP contribution is -2.07. The monoisotopic (exact) mass is 328 g/mol. The Labute approximate surface area is 138 Å². The van der Waals surface area contributed by atoms with Crippen molar-refractivity contribution in [3.63, 3.8) is 0 Å². The van der Waals surface area contributed by atoms with E-state index in [4.69, 9.17) is 9.26 Å². The largest absolute Gasteiger partial charge is 0.481 e. The van der Waals surface area contributed by atoms with Crippen LogP contribution in [0.3, 0.4) is 0 Å². The van der Waals surface area contributed by atoms with Crippen LogP contribution in [0.4, 0.5) is 10.1 Å². The second-order valence-electron chi connectivity index (χ2n) is 5.38.